The van der Waals surface area contributed by atoms with E-state index in [9.17, 15) is 5.26 Å². The molecular formula is C32H63N. The molecule has 1 nitrogen and oxygen atoms in total. The second-order valence-electron chi connectivity index (χ2n) is 11.2. The zero-order valence-corrected chi connectivity index (χ0v) is 23.5. The largest absolute Gasteiger partial charge is 0.198 e. The van der Waals surface area contributed by atoms with E-state index in [1.165, 1.54) is 167 Å². The molecule has 1 heteroatoms. The van der Waals surface area contributed by atoms with E-state index in [4.69, 9.17) is 0 Å². The molecule has 0 radical (unpaired) electrons. The van der Waals surface area contributed by atoms with Gasteiger partial charge in [0.1, 0.15) is 0 Å². The Kier molecular flexibility index (Phi) is 25.7. The van der Waals surface area contributed by atoms with Gasteiger partial charge in [-0.3, -0.25) is 0 Å². The highest BCUT2D eigenvalue weighted by Gasteiger charge is 2.28. The van der Waals surface area contributed by atoms with Crippen LogP contribution in [0.3, 0.4) is 0 Å². The van der Waals surface area contributed by atoms with Gasteiger partial charge in [-0.05, 0) is 24.7 Å². The van der Waals surface area contributed by atoms with Crippen LogP contribution in [0.15, 0.2) is 0 Å². The molecule has 0 aromatic rings. The monoisotopic (exact) mass is 461 g/mol. The molecule has 0 N–H and O–H groups in total. The lowest BCUT2D eigenvalue weighted by Crippen LogP contribution is -2.21. The SMILES string of the molecule is CCCCCCCCCCCCC(CC#N)(CCCCCCC)CCCCCCCCCC. The Balaban J connectivity index is 4.30. The minimum atomic E-state index is 0.323. The van der Waals surface area contributed by atoms with E-state index >= 15 is 0 Å². The number of nitriles is 1. The Bertz CT molecular complexity index is 409. The number of rotatable bonds is 27. The normalized spacial score (nSPS) is 13.2. The van der Waals surface area contributed by atoms with Gasteiger partial charge < -0.3 is 0 Å². The van der Waals surface area contributed by atoms with Crippen molar-refractivity contribution in [3.8, 4) is 6.07 Å². The van der Waals surface area contributed by atoms with Crippen molar-refractivity contribution < 1.29 is 0 Å². The third-order valence-electron chi connectivity index (χ3n) is 7.89. The van der Waals surface area contributed by atoms with E-state index in [1.54, 1.807) is 0 Å². The highest BCUT2D eigenvalue weighted by atomic mass is 14.4. The van der Waals surface area contributed by atoms with Crippen molar-refractivity contribution in [2.45, 2.75) is 194 Å². The predicted molar refractivity (Wildman–Crippen MR) is 150 cm³/mol. The van der Waals surface area contributed by atoms with Gasteiger partial charge in [0.25, 0.3) is 0 Å². The molecule has 1 unspecified atom stereocenters. The van der Waals surface area contributed by atoms with Crippen molar-refractivity contribution in [1.82, 2.24) is 0 Å². The first-order chi connectivity index (χ1) is 16.2. The zero-order chi connectivity index (χ0) is 24.3. The summed E-state index contributed by atoms with van der Waals surface area (Å²) in [6, 6.07) is 2.62. The van der Waals surface area contributed by atoms with E-state index in [2.05, 4.69) is 26.8 Å². The molecule has 0 aromatic carbocycles. The second kappa shape index (κ2) is 26.1. The van der Waals surface area contributed by atoms with Crippen LogP contribution in [0.25, 0.3) is 0 Å². The highest BCUT2D eigenvalue weighted by Crippen LogP contribution is 2.40. The highest BCUT2D eigenvalue weighted by molar-refractivity contribution is 4.89. The molecule has 0 amide bonds. The van der Waals surface area contributed by atoms with Gasteiger partial charge in [0.2, 0.25) is 0 Å². The van der Waals surface area contributed by atoms with Gasteiger partial charge in [-0.15, -0.1) is 0 Å². The predicted octanol–water partition coefficient (Wildman–Crippen LogP) is 12.1. The molecule has 0 bridgehead atoms. The Hall–Kier alpha value is -0.510. The molecule has 0 aromatic heterocycles. The quantitative estimate of drug-likeness (QED) is 0.112. The Labute approximate surface area is 210 Å². The minimum Gasteiger partial charge on any atom is -0.198 e. The van der Waals surface area contributed by atoms with Crippen molar-refractivity contribution in [2.24, 2.45) is 5.41 Å². The fraction of sp³-hybridized carbons (Fsp3) is 0.969. The first-order valence-corrected chi connectivity index (χ1v) is 15.6. The standard InChI is InChI=1S/C32H63N/c1-4-7-10-13-15-17-18-20-23-26-29-32(30-31-33,27-24-21-12-9-6-3)28-25-22-19-16-14-11-8-5-2/h4-30H2,1-3H3. The molecular weight excluding hydrogens is 398 g/mol. The van der Waals surface area contributed by atoms with Gasteiger partial charge in [-0.25, -0.2) is 0 Å². The topological polar surface area (TPSA) is 23.8 Å². The molecule has 0 rings (SSSR count). The van der Waals surface area contributed by atoms with Gasteiger partial charge in [-0.1, -0.05) is 168 Å². The maximum Gasteiger partial charge on any atom is 0.0627 e. The van der Waals surface area contributed by atoms with Crippen LogP contribution in [0.5, 0.6) is 0 Å². The van der Waals surface area contributed by atoms with E-state index in [-0.39, 0.29) is 0 Å². The van der Waals surface area contributed by atoms with E-state index in [1.807, 2.05) is 0 Å². The van der Waals surface area contributed by atoms with Crippen LogP contribution >= 0.6 is 0 Å². The lowest BCUT2D eigenvalue weighted by molar-refractivity contribution is 0.200. The third kappa shape index (κ3) is 21.7. The summed E-state index contributed by atoms with van der Waals surface area (Å²) in [6.07, 6.45) is 36.7. The van der Waals surface area contributed by atoms with Crippen LogP contribution in [0, 0.1) is 16.7 Å². The molecule has 0 aliphatic carbocycles. The van der Waals surface area contributed by atoms with Gasteiger partial charge in [0.15, 0.2) is 0 Å². The first kappa shape index (κ1) is 32.5. The lowest BCUT2D eigenvalue weighted by Gasteiger charge is -2.32. The van der Waals surface area contributed by atoms with Crippen LogP contribution < -0.4 is 0 Å². The average Bonchev–Trinajstić information content (AvgIpc) is 2.82. The summed E-state index contributed by atoms with van der Waals surface area (Å²) in [4.78, 5) is 0. The summed E-state index contributed by atoms with van der Waals surface area (Å²) in [5, 5.41) is 9.68. The van der Waals surface area contributed by atoms with Crippen LogP contribution in [0.2, 0.25) is 0 Å². The van der Waals surface area contributed by atoms with Crippen LogP contribution in [-0.2, 0) is 0 Å². The maximum atomic E-state index is 9.68. The van der Waals surface area contributed by atoms with Crippen molar-refractivity contribution >= 4 is 0 Å². The number of hydrogen-bond donors (Lipinski definition) is 0. The van der Waals surface area contributed by atoms with Crippen molar-refractivity contribution in [3.05, 3.63) is 0 Å². The van der Waals surface area contributed by atoms with Gasteiger partial charge >= 0.3 is 0 Å². The van der Waals surface area contributed by atoms with E-state index < -0.39 is 0 Å². The van der Waals surface area contributed by atoms with Crippen LogP contribution in [0.1, 0.15) is 194 Å². The second-order valence-corrected chi connectivity index (χ2v) is 11.2. The maximum absolute atomic E-state index is 9.68. The molecule has 0 aliphatic heterocycles. The number of nitrogens with zero attached hydrogens (tertiary/aromatic N) is 1. The smallest absolute Gasteiger partial charge is 0.0627 e. The van der Waals surface area contributed by atoms with E-state index in [0.717, 1.165) is 6.42 Å². The molecule has 0 aliphatic rings. The average molecular weight is 462 g/mol. The summed E-state index contributed by atoms with van der Waals surface area (Å²) in [7, 11) is 0. The summed E-state index contributed by atoms with van der Waals surface area (Å²) >= 11 is 0. The molecule has 0 saturated carbocycles. The Morgan fingerprint density at radius 2 is 0.636 bits per heavy atom. The molecule has 1 atom stereocenters. The van der Waals surface area contributed by atoms with Gasteiger partial charge in [0.05, 0.1) is 6.07 Å². The minimum absolute atomic E-state index is 0.323. The fourth-order valence-electron chi connectivity index (χ4n) is 5.53. The summed E-state index contributed by atoms with van der Waals surface area (Å²) < 4.78 is 0. The van der Waals surface area contributed by atoms with Gasteiger partial charge in [0, 0.05) is 6.42 Å². The summed E-state index contributed by atoms with van der Waals surface area (Å²) in [5.74, 6) is 0. The third-order valence-corrected chi connectivity index (χ3v) is 7.89. The molecule has 0 heterocycles. The zero-order valence-electron chi connectivity index (χ0n) is 23.5. The first-order valence-electron chi connectivity index (χ1n) is 15.6. The lowest BCUT2D eigenvalue weighted by atomic mass is 9.72. The molecule has 196 valence electrons. The number of unbranched alkanes of at least 4 members (excludes halogenated alkanes) is 20. The molecule has 0 spiro atoms. The fourth-order valence-corrected chi connectivity index (χ4v) is 5.53. The van der Waals surface area contributed by atoms with Crippen molar-refractivity contribution in [3.63, 3.8) is 0 Å². The van der Waals surface area contributed by atoms with Crippen molar-refractivity contribution in [2.75, 3.05) is 0 Å². The molecule has 33 heavy (non-hydrogen) atoms. The Morgan fingerprint density at radius 3 is 0.879 bits per heavy atom. The van der Waals surface area contributed by atoms with Crippen molar-refractivity contribution in [1.29, 1.82) is 5.26 Å². The van der Waals surface area contributed by atoms with Gasteiger partial charge in [-0.2, -0.15) is 5.26 Å². The molecule has 0 fully saturated rings. The van der Waals surface area contributed by atoms with Crippen LogP contribution in [0.4, 0.5) is 0 Å². The summed E-state index contributed by atoms with van der Waals surface area (Å²) in [6.45, 7) is 6.89. The molecule has 0 saturated heterocycles. The number of hydrogen-bond acceptors (Lipinski definition) is 1. The van der Waals surface area contributed by atoms with E-state index in [0.29, 0.717) is 5.41 Å². The van der Waals surface area contributed by atoms with Crippen LogP contribution in [-0.4, -0.2) is 0 Å². The summed E-state index contributed by atoms with van der Waals surface area (Å²) in [5.41, 5.74) is 0.323. The Morgan fingerprint density at radius 1 is 0.394 bits per heavy atom.